The Balaban J connectivity index is 1.33. The normalized spacial score (nSPS) is 42.6. The quantitative estimate of drug-likeness (QED) is 0.323. The molecule has 0 aromatic heterocycles. The number of rotatable bonds is 5. The van der Waals surface area contributed by atoms with Gasteiger partial charge in [-0.1, -0.05) is 31.5 Å². The van der Waals surface area contributed by atoms with Crippen molar-refractivity contribution in [1.29, 1.82) is 0 Å². The largest absolute Gasteiger partial charge is 0.411 e. The second kappa shape index (κ2) is 8.33. The lowest BCUT2D eigenvalue weighted by atomic mass is 9.45. The predicted octanol–water partition coefficient (Wildman–Crippen LogP) is 6.01. The van der Waals surface area contributed by atoms with Crippen LogP contribution in [0.4, 0.5) is 0 Å². The molecule has 4 aliphatic carbocycles. The Morgan fingerprint density at radius 1 is 0.970 bits per heavy atom. The van der Waals surface area contributed by atoms with E-state index < -0.39 is 10.1 Å². The molecule has 7 heteroatoms. The number of hydrogen-bond acceptors (Lipinski definition) is 4. The second-order valence-electron chi connectivity index (χ2n) is 11.8. The average Bonchev–Trinajstić information content (AvgIpc) is 3.10. The Bertz CT molecular complexity index is 997. The van der Waals surface area contributed by atoms with Crippen LogP contribution in [0.3, 0.4) is 0 Å². The monoisotopic (exact) mass is 472 g/mol. The maximum Gasteiger partial charge on any atom is 0.297 e. The lowest BCUT2D eigenvalue weighted by Crippen LogP contribution is -2.55. The fraction of sp³-hybridized carbons (Fsp3) is 0.769. The molecular weight excluding hydrogens is 434 g/mol. The zero-order chi connectivity index (χ0) is 23.4. The Labute approximate surface area is 198 Å². The number of nitrogens with one attached hydrogen (secondary N) is 1. The molecular formula is C26H38N3O3S-. The first-order valence-electron chi connectivity index (χ1n) is 12.8. The molecule has 182 valence electrons. The van der Waals surface area contributed by atoms with Crippen LogP contribution in [0.5, 0.6) is 0 Å². The zero-order valence-corrected chi connectivity index (χ0v) is 21.0. The fourth-order valence-corrected chi connectivity index (χ4v) is 9.68. The van der Waals surface area contributed by atoms with E-state index >= 15 is 0 Å². The maximum absolute atomic E-state index is 13.1. The molecule has 6 nitrogen and oxygen atoms in total. The van der Waals surface area contributed by atoms with Crippen LogP contribution in [-0.2, 0) is 14.3 Å². The predicted molar refractivity (Wildman–Crippen MR) is 128 cm³/mol. The lowest BCUT2D eigenvalue weighted by Gasteiger charge is -2.61. The average molecular weight is 473 g/mol. The van der Waals surface area contributed by atoms with Crippen LogP contribution >= 0.6 is 0 Å². The van der Waals surface area contributed by atoms with Crippen LogP contribution in [0.1, 0.15) is 77.2 Å². The molecule has 0 amide bonds. The van der Waals surface area contributed by atoms with Crippen molar-refractivity contribution in [1.82, 2.24) is 5.43 Å². The summed E-state index contributed by atoms with van der Waals surface area (Å²) in [6, 6.07) is 7.27. The molecule has 4 aliphatic rings. The third kappa shape index (κ3) is 3.83. The van der Waals surface area contributed by atoms with E-state index in [0.29, 0.717) is 29.1 Å². The maximum atomic E-state index is 13.1. The van der Waals surface area contributed by atoms with Gasteiger partial charge in [0, 0.05) is 0 Å². The van der Waals surface area contributed by atoms with Crippen LogP contribution < -0.4 is 5.43 Å². The van der Waals surface area contributed by atoms with E-state index in [0.717, 1.165) is 44.1 Å². The Hall–Kier alpha value is -1.47. The summed E-state index contributed by atoms with van der Waals surface area (Å²) in [7, 11) is -3.76. The Kier molecular flexibility index (Phi) is 5.88. The molecule has 0 heterocycles. The summed E-state index contributed by atoms with van der Waals surface area (Å²) in [4.78, 5) is 0.266. The van der Waals surface area contributed by atoms with Gasteiger partial charge in [0.25, 0.3) is 10.1 Å². The minimum atomic E-state index is -3.76. The van der Waals surface area contributed by atoms with Crippen LogP contribution in [0.15, 0.2) is 34.4 Å². The van der Waals surface area contributed by atoms with Crippen molar-refractivity contribution >= 4 is 10.1 Å². The van der Waals surface area contributed by atoms with E-state index in [9.17, 15) is 8.42 Å². The first kappa shape index (κ1) is 23.3. The molecule has 0 bridgehead atoms. The molecule has 1 N–H and O–H groups in total. The van der Waals surface area contributed by atoms with Gasteiger partial charge in [0.1, 0.15) is 0 Å². The van der Waals surface area contributed by atoms with Gasteiger partial charge < -0.3 is 11.0 Å². The van der Waals surface area contributed by atoms with Crippen LogP contribution in [-0.4, -0.2) is 20.6 Å². The molecule has 1 aromatic rings. The van der Waals surface area contributed by atoms with Crippen molar-refractivity contribution in [3.8, 4) is 0 Å². The highest BCUT2D eigenvalue weighted by atomic mass is 32.2. The Morgan fingerprint density at radius 2 is 1.67 bits per heavy atom. The molecule has 0 spiro atoms. The van der Waals surface area contributed by atoms with Gasteiger partial charge >= 0.3 is 0 Å². The van der Waals surface area contributed by atoms with Gasteiger partial charge in [-0.2, -0.15) is 8.42 Å². The molecule has 4 saturated carbocycles. The summed E-state index contributed by atoms with van der Waals surface area (Å²) >= 11 is 0. The standard InChI is InChI=1S/C26H38N3O3S/c1-17-4-7-20(8-5-17)33(30,31)32-24-11-10-22-21-9-6-18-16-19(28-29-27)12-14-25(18,2)23(21)13-15-26(22,24)3/h4-5,7-8,18-19,21-24H,6,9-16H2,1-3H3,(H-,27,28)/q-1. The highest BCUT2D eigenvalue weighted by molar-refractivity contribution is 7.86. The van der Waals surface area contributed by atoms with Crippen molar-refractivity contribution in [3.63, 3.8) is 0 Å². The van der Waals surface area contributed by atoms with Crippen molar-refractivity contribution in [2.75, 3.05) is 0 Å². The number of benzene rings is 1. The highest BCUT2D eigenvalue weighted by Crippen LogP contribution is 2.66. The number of aryl methyl sites for hydroxylation is 1. The van der Waals surface area contributed by atoms with Gasteiger partial charge in [-0.15, -0.1) is 0 Å². The van der Waals surface area contributed by atoms with E-state index in [-0.39, 0.29) is 22.5 Å². The first-order chi connectivity index (χ1) is 15.7. The Morgan fingerprint density at radius 3 is 2.39 bits per heavy atom. The lowest BCUT2D eigenvalue weighted by molar-refractivity contribution is -0.120. The van der Waals surface area contributed by atoms with Gasteiger partial charge in [0.15, 0.2) is 0 Å². The summed E-state index contributed by atoms with van der Waals surface area (Å²) < 4.78 is 32.1. The fourth-order valence-electron chi connectivity index (χ4n) is 8.48. The minimum Gasteiger partial charge on any atom is -0.411 e. The summed E-state index contributed by atoms with van der Waals surface area (Å²) in [5, 5.41) is 3.20. The second-order valence-corrected chi connectivity index (χ2v) is 13.4. The summed E-state index contributed by atoms with van der Waals surface area (Å²) in [5.74, 6) is 2.57. The summed E-state index contributed by atoms with van der Waals surface area (Å²) in [6.07, 6.45) is 9.66. The summed E-state index contributed by atoms with van der Waals surface area (Å²) in [5.41, 5.74) is 13.2. The zero-order valence-electron chi connectivity index (χ0n) is 20.2. The third-order valence-electron chi connectivity index (χ3n) is 10.4. The topological polar surface area (TPSA) is 90.1 Å². The molecule has 5 rings (SSSR count). The van der Waals surface area contributed by atoms with Crippen molar-refractivity contribution in [3.05, 3.63) is 35.4 Å². The highest BCUT2D eigenvalue weighted by Gasteiger charge is 2.61. The molecule has 8 unspecified atom stereocenters. The smallest absolute Gasteiger partial charge is 0.297 e. The molecule has 0 aliphatic heterocycles. The van der Waals surface area contributed by atoms with Crippen LogP contribution in [0, 0.1) is 41.4 Å². The van der Waals surface area contributed by atoms with Crippen LogP contribution in [0.25, 0.3) is 5.53 Å². The molecule has 33 heavy (non-hydrogen) atoms. The van der Waals surface area contributed by atoms with E-state index in [1.807, 2.05) is 19.1 Å². The van der Waals surface area contributed by atoms with Gasteiger partial charge in [0.05, 0.1) is 11.0 Å². The third-order valence-corrected chi connectivity index (χ3v) is 11.7. The van der Waals surface area contributed by atoms with Gasteiger partial charge in [-0.25, -0.2) is 0 Å². The van der Waals surface area contributed by atoms with Gasteiger partial charge in [-0.3, -0.25) is 9.41 Å². The molecule has 4 fully saturated rings. The SMILES string of the molecule is Cc1ccc(S(=O)(=O)OC2CCC3C4CCC5CC(NN=[N-])CCC5(C)C4CCC23C)cc1. The van der Waals surface area contributed by atoms with E-state index in [4.69, 9.17) is 9.71 Å². The van der Waals surface area contributed by atoms with Gasteiger partial charge in [-0.05, 0) is 117 Å². The van der Waals surface area contributed by atoms with E-state index in [1.54, 1.807) is 12.1 Å². The van der Waals surface area contributed by atoms with Gasteiger partial charge in [0.2, 0.25) is 0 Å². The molecule has 0 radical (unpaired) electrons. The molecule has 1 aromatic carbocycles. The number of hydrogen-bond donors (Lipinski definition) is 1. The van der Waals surface area contributed by atoms with Crippen molar-refractivity contribution in [2.45, 2.75) is 95.6 Å². The minimum absolute atomic E-state index is 0.0728. The number of nitrogens with zero attached hydrogens (tertiary/aromatic N) is 2. The molecule has 8 atom stereocenters. The van der Waals surface area contributed by atoms with Crippen molar-refractivity contribution in [2.24, 2.45) is 39.7 Å². The van der Waals surface area contributed by atoms with E-state index in [1.165, 1.54) is 19.3 Å². The van der Waals surface area contributed by atoms with E-state index in [2.05, 4.69) is 24.5 Å². The molecule has 0 saturated heterocycles. The summed E-state index contributed by atoms with van der Waals surface area (Å²) in [6.45, 7) is 6.76. The van der Waals surface area contributed by atoms with Crippen LogP contribution in [0.2, 0.25) is 0 Å². The first-order valence-corrected chi connectivity index (χ1v) is 14.2. The number of fused-ring (bicyclic) bond motifs is 5. The van der Waals surface area contributed by atoms with Crippen molar-refractivity contribution < 1.29 is 12.6 Å².